The Kier molecular flexibility index (Phi) is 8.76. The van der Waals surface area contributed by atoms with Gasteiger partial charge in [-0.3, -0.25) is 9.69 Å². The first-order valence-electron chi connectivity index (χ1n) is 10.2. The van der Waals surface area contributed by atoms with Crippen LogP contribution in [0.1, 0.15) is 106 Å². The topological polar surface area (TPSA) is 29.5 Å². The molecule has 0 saturated carbocycles. The molecule has 3 nitrogen and oxygen atoms in total. The lowest BCUT2D eigenvalue weighted by Crippen LogP contribution is -2.62. The molecule has 1 aliphatic heterocycles. The predicted octanol–water partition coefficient (Wildman–Crippen LogP) is 5.71. The average Bonchev–Trinajstić information content (AvgIpc) is 2.45. The highest BCUT2D eigenvalue weighted by atomic mass is 16.5. The third-order valence-electron chi connectivity index (χ3n) is 5.40. The number of nitrogens with zero attached hydrogens (tertiary/aromatic N) is 1. The van der Waals surface area contributed by atoms with Crippen LogP contribution in [0.3, 0.4) is 0 Å². The standard InChI is InChI=1S/C21H41NO2/c1-7-9-10-11-12-13-14-19(23)24-18-16-20(3,4)22(15-8-2)21(5,6)17-18/h18H,7-17H2,1-6H3. The Hall–Kier alpha value is -0.570. The van der Waals surface area contributed by atoms with E-state index in [2.05, 4.69) is 46.4 Å². The molecule has 0 radical (unpaired) electrons. The maximum absolute atomic E-state index is 12.2. The van der Waals surface area contributed by atoms with Crippen molar-refractivity contribution in [1.82, 2.24) is 4.90 Å². The van der Waals surface area contributed by atoms with E-state index < -0.39 is 0 Å². The van der Waals surface area contributed by atoms with Gasteiger partial charge in [0, 0.05) is 30.3 Å². The highest BCUT2D eigenvalue weighted by molar-refractivity contribution is 5.69. The maximum atomic E-state index is 12.2. The molecule has 0 N–H and O–H groups in total. The van der Waals surface area contributed by atoms with Crippen molar-refractivity contribution in [3.63, 3.8) is 0 Å². The second-order valence-electron chi connectivity index (χ2n) is 8.81. The van der Waals surface area contributed by atoms with Crippen molar-refractivity contribution in [3.05, 3.63) is 0 Å². The predicted molar refractivity (Wildman–Crippen MR) is 102 cm³/mol. The molecule has 1 aliphatic rings. The zero-order valence-corrected chi connectivity index (χ0v) is 17.1. The summed E-state index contributed by atoms with van der Waals surface area (Å²) >= 11 is 0. The minimum atomic E-state index is 0.00559. The lowest BCUT2D eigenvalue weighted by Gasteiger charge is -2.55. The Labute approximate surface area is 150 Å². The second-order valence-corrected chi connectivity index (χ2v) is 8.81. The quantitative estimate of drug-likeness (QED) is 0.377. The minimum Gasteiger partial charge on any atom is -0.462 e. The summed E-state index contributed by atoms with van der Waals surface area (Å²) < 4.78 is 5.85. The lowest BCUT2D eigenvalue weighted by atomic mass is 9.78. The van der Waals surface area contributed by atoms with Crippen molar-refractivity contribution in [3.8, 4) is 0 Å². The van der Waals surface area contributed by atoms with Gasteiger partial charge >= 0.3 is 5.97 Å². The Morgan fingerprint density at radius 3 is 2.00 bits per heavy atom. The highest BCUT2D eigenvalue weighted by Gasteiger charge is 2.45. The molecule has 24 heavy (non-hydrogen) atoms. The van der Waals surface area contributed by atoms with E-state index in [1.165, 1.54) is 25.7 Å². The van der Waals surface area contributed by atoms with Crippen LogP contribution in [0.15, 0.2) is 0 Å². The molecule has 1 heterocycles. The van der Waals surface area contributed by atoms with E-state index in [-0.39, 0.29) is 23.2 Å². The van der Waals surface area contributed by atoms with E-state index in [1.54, 1.807) is 0 Å². The number of piperidine rings is 1. The number of carbonyl (C=O) groups excluding carboxylic acids is 1. The molecular formula is C21H41NO2. The van der Waals surface area contributed by atoms with Gasteiger partial charge in [0.1, 0.15) is 6.10 Å². The first-order valence-corrected chi connectivity index (χ1v) is 10.2. The van der Waals surface area contributed by atoms with Crippen LogP contribution in [0.25, 0.3) is 0 Å². The second kappa shape index (κ2) is 9.79. The smallest absolute Gasteiger partial charge is 0.306 e. The third-order valence-corrected chi connectivity index (χ3v) is 5.40. The molecular weight excluding hydrogens is 298 g/mol. The van der Waals surface area contributed by atoms with Crippen LogP contribution in [0, 0.1) is 0 Å². The number of esters is 1. The Morgan fingerprint density at radius 2 is 1.46 bits per heavy atom. The molecule has 0 unspecified atom stereocenters. The van der Waals surface area contributed by atoms with Gasteiger partial charge in [0.25, 0.3) is 0 Å². The van der Waals surface area contributed by atoms with Crippen molar-refractivity contribution < 1.29 is 9.53 Å². The SMILES string of the molecule is CCCCCCCCC(=O)OC1CC(C)(C)N(CCC)C(C)(C)C1. The molecule has 0 amide bonds. The van der Waals surface area contributed by atoms with Crippen LogP contribution >= 0.6 is 0 Å². The fraction of sp³-hybridized carbons (Fsp3) is 0.952. The molecule has 0 aromatic carbocycles. The number of ether oxygens (including phenoxy) is 1. The van der Waals surface area contributed by atoms with Gasteiger partial charge in [-0.25, -0.2) is 0 Å². The summed E-state index contributed by atoms with van der Waals surface area (Å²) in [5.74, 6) is 0.00559. The van der Waals surface area contributed by atoms with Crippen LogP contribution in [0.2, 0.25) is 0 Å². The molecule has 142 valence electrons. The van der Waals surface area contributed by atoms with Gasteiger partial charge in [-0.15, -0.1) is 0 Å². The molecule has 0 spiro atoms. The van der Waals surface area contributed by atoms with E-state index in [9.17, 15) is 4.79 Å². The zero-order chi connectivity index (χ0) is 18.2. The molecule has 0 bridgehead atoms. The summed E-state index contributed by atoms with van der Waals surface area (Å²) in [6.07, 6.45) is 10.9. The number of hydrogen-bond donors (Lipinski definition) is 0. The van der Waals surface area contributed by atoms with Gasteiger partial charge in [-0.05, 0) is 47.1 Å². The van der Waals surface area contributed by atoms with Crippen LogP contribution in [0.5, 0.6) is 0 Å². The Morgan fingerprint density at radius 1 is 0.917 bits per heavy atom. The van der Waals surface area contributed by atoms with Crippen LogP contribution < -0.4 is 0 Å². The van der Waals surface area contributed by atoms with Gasteiger partial charge in [-0.1, -0.05) is 46.0 Å². The normalized spacial score (nSPS) is 20.9. The van der Waals surface area contributed by atoms with Gasteiger partial charge < -0.3 is 4.74 Å². The van der Waals surface area contributed by atoms with Crippen molar-refractivity contribution in [2.75, 3.05) is 6.54 Å². The van der Waals surface area contributed by atoms with E-state index in [4.69, 9.17) is 4.74 Å². The van der Waals surface area contributed by atoms with E-state index in [0.717, 1.165) is 38.6 Å². The third kappa shape index (κ3) is 6.74. The van der Waals surface area contributed by atoms with Gasteiger partial charge in [0.2, 0.25) is 0 Å². The fourth-order valence-corrected chi connectivity index (χ4v) is 4.43. The largest absolute Gasteiger partial charge is 0.462 e. The zero-order valence-electron chi connectivity index (χ0n) is 17.1. The van der Waals surface area contributed by atoms with Gasteiger partial charge in [-0.2, -0.15) is 0 Å². The molecule has 0 aromatic heterocycles. The monoisotopic (exact) mass is 339 g/mol. The molecule has 1 fully saturated rings. The van der Waals surface area contributed by atoms with E-state index in [0.29, 0.717) is 6.42 Å². The van der Waals surface area contributed by atoms with Crippen LogP contribution in [-0.2, 0) is 9.53 Å². The Bertz CT molecular complexity index is 358. The number of carbonyl (C=O) groups is 1. The fourth-order valence-electron chi connectivity index (χ4n) is 4.43. The summed E-state index contributed by atoms with van der Waals surface area (Å²) in [5, 5.41) is 0. The van der Waals surface area contributed by atoms with Crippen molar-refractivity contribution >= 4 is 5.97 Å². The summed E-state index contributed by atoms with van der Waals surface area (Å²) in [7, 11) is 0. The summed E-state index contributed by atoms with van der Waals surface area (Å²) in [6, 6.07) is 0. The maximum Gasteiger partial charge on any atom is 0.306 e. The first-order chi connectivity index (χ1) is 11.2. The summed E-state index contributed by atoms with van der Waals surface area (Å²) in [5.41, 5.74) is 0.172. The molecule has 1 saturated heterocycles. The van der Waals surface area contributed by atoms with Crippen molar-refractivity contribution in [2.45, 2.75) is 123 Å². The average molecular weight is 340 g/mol. The van der Waals surface area contributed by atoms with Gasteiger partial charge in [0.15, 0.2) is 0 Å². The van der Waals surface area contributed by atoms with Crippen LogP contribution in [-0.4, -0.2) is 34.6 Å². The van der Waals surface area contributed by atoms with E-state index in [1.807, 2.05) is 0 Å². The van der Waals surface area contributed by atoms with Crippen LogP contribution in [0.4, 0.5) is 0 Å². The number of hydrogen-bond acceptors (Lipinski definition) is 3. The van der Waals surface area contributed by atoms with Gasteiger partial charge in [0.05, 0.1) is 0 Å². The number of rotatable bonds is 10. The Balaban J connectivity index is 2.41. The molecule has 0 aromatic rings. The van der Waals surface area contributed by atoms with Crippen molar-refractivity contribution in [1.29, 1.82) is 0 Å². The number of likely N-dealkylation sites (tertiary alicyclic amines) is 1. The summed E-state index contributed by atoms with van der Waals surface area (Å²) in [6.45, 7) is 14.7. The summed E-state index contributed by atoms with van der Waals surface area (Å²) in [4.78, 5) is 14.8. The highest BCUT2D eigenvalue weighted by Crippen LogP contribution is 2.39. The molecule has 0 aliphatic carbocycles. The minimum absolute atomic E-state index is 0.00559. The lowest BCUT2D eigenvalue weighted by molar-refractivity contribution is -0.160. The first kappa shape index (κ1) is 21.5. The molecule has 0 atom stereocenters. The number of unbranched alkanes of at least 4 members (excludes halogenated alkanes) is 5. The van der Waals surface area contributed by atoms with E-state index >= 15 is 0 Å². The molecule has 3 heteroatoms. The van der Waals surface area contributed by atoms with Crippen molar-refractivity contribution in [2.24, 2.45) is 0 Å². The molecule has 1 rings (SSSR count).